The van der Waals surface area contributed by atoms with E-state index in [-0.39, 0.29) is 11.8 Å². The van der Waals surface area contributed by atoms with E-state index in [2.05, 4.69) is 5.32 Å². The summed E-state index contributed by atoms with van der Waals surface area (Å²) >= 11 is 1.36. The van der Waals surface area contributed by atoms with E-state index in [1.807, 2.05) is 48.7 Å². The van der Waals surface area contributed by atoms with Crippen LogP contribution in [0.5, 0.6) is 0 Å². The summed E-state index contributed by atoms with van der Waals surface area (Å²) in [6.07, 6.45) is 0. The van der Waals surface area contributed by atoms with E-state index in [9.17, 15) is 9.59 Å². The molecule has 0 unspecified atom stereocenters. The number of para-hydroxylation sites is 2. The second-order valence-corrected chi connectivity index (χ2v) is 6.31. The average Bonchev–Trinajstić information content (AvgIpc) is 3.18. The largest absolute Gasteiger partial charge is 0.321 e. The smallest absolute Gasteiger partial charge is 0.265 e. The number of thiophene rings is 1. The van der Waals surface area contributed by atoms with Crippen LogP contribution in [0.25, 0.3) is 0 Å². The van der Waals surface area contributed by atoms with E-state index in [0.29, 0.717) is 22.7 Å². The van der Waals surface area contributed by atoms with E-state index in [4.69, 9.17) is 0 Å². The average molecular weight is 350 g/mol. The molecular formula is C20H18N2O2S. The number of hydrogen-bond donors (Lipinski definition) is 1. The molecule has 0 aliphatic carbocycles. The Kier molecular flexibility index (Phi) is 5.26. The third kappa shape index (κ3) is 3.78. The lowest BCUT2D eigenvalue weighted by Gasteiger charge is -2.22. The Morgan fingerprint density at radius 2 is 1.68 bits per heavy atom. The molecule has 0 atom stereocenters. The first-order chi connectivity index (χ1) is 12.2. The van der Waals surface area contributed by atoms with Crippen molar-refractivity contribution in [1.82, 2.24) is 0 Å². The van der Waals surface area contributed by atoms with Gasteiger partial charge in [0.25, 0.3) is 11.8 Å². The summed E-state index contributed by atoms with van der Waals surface area (Å²) in [7, 11) is 0. The van der Waals surface area contributed by atoms with Gasteiger partial charge < -0.3 is 10.2 Å². The first-order valence-corrected chi connectivity index (χ1v) is 8.89. The van der Waals surface area contributed by atoms with Gasteiger partial charge in [0.15, 0.2) is 0 Å². The lowest BCUT2D eigenvalue weighted by atomic mass is 10.1. The number of nitrogens with one attached hydrogen (secondary N) is 1. The first kappa shape index (κ1) is 16.9. The van der Waals surface area contributed by atoms with Crippen LogP contribution in [0, 0.1) is 0 Å². The quantitative estimate of drug-likeness (QED) is 0.727. The molecule has 1 heterocycles. The van der Waals surface area contributed by atoms with Crippen LogP contribution in [0.4, 0.5) is 11.4 Å². The molecule has 0 aliphatic heterocycles. The van der Waals surface area contributed by atoms with Gasteiger partial charge in [-0.25, -0.2) is 0 Å². The second kappa shape index (κ2) is 7.77. The fourth-order valence-electron chi connectivity index (χ4n) is 2.57. The maximum absolute atomic E-state index is 13.0. The van der Waals surface area contributed by atoms with Crippen molar-refractivity contribution < 1.29 is 9.59 Å². The molecule has 2 amide bonds. The molecule has 25 heavy (non-hydrogen) atoms. The molecule has 3 rings (SSSR count). The van der Waals surface area contributed by atoms with Crippen LogP contribution in [0.3, 0.4) is 0 Å². The number of carbonyl (C=O) groups excluding carboxylic acids is 2. The summed E-state index contributed by atoms with van der Waals surface area (Å²) < 4.78 is 0. The second-order valence-electron chi connectivity index (χ2n) is 5.36. The van der Waals surface area contributed by atoms with E-state index in [0.717, 1.165) is 5.69 Å². The fourth-order valence-corrected chi connectivity index (χ4v) is 3.19. The third-order valence-electron chi connectivity index (χ3n) is 3.78. The molecule has 0 radical (unpaired) electrons. The van der Waals surface area contributed by atoms with Crippen molar-refractivity contribution in [3.05, 3.63) is 82.6 Å². The zero-order valence-corrected chi connectivity index (χ0v) is 14.6. The molecule has 0 fully saturated rings. The van der Waals surface area contributed by atoms with E-state index < -0.39 is 0 Å². The van der Waals surface area contributed by atoms with Gasteiger partial charge in [0.1, 0.15) is 0 Å². The molecule has 1 N–H and O–H groups in total. The molecule has 0 aliphatic rings. The van der Waals surface area contributed by atoms with Crippen molar-refractivity contribution in [2.75, 3.05) is 16.8 Å². The van der Waals surface area contributed by atoms with Crippen LogP contribution >= 0.6 is 11.3 Å². The molecule has 3 aromatic rings. The van der Waals surface area contributed by atoms with E-state index in [1.54, 1.807) is 35.2 Å². The Morgan fingerprint density at radius 3 is 2.36 bits per heavy atom. The molecule has 4 nitrogen and oxygen atoms in total. The first-order valence-electron chi connectivity index (χ1n) is 8.01. The normalized spacial score (nSPS) is 10.3. The summed E-state index contributed by atoms with van der Waals surface area (Å²) in [6, 6.07) is 20.2. The van der Waals surface area contributed by atoms with Gasteiger partial charge >= 0.3 is 0 Å². The molecule has 126 valence electrons. The molecule has 5 heteroatoms. The zero-order valence-electron chi connectivity index (χ0n) is 13.8. The Balaban J connectivity index is 1.89. The van der Waals surface area contributed by atoms with Gasteiger partial charge in [0.05, 0.1) is 16.1 Å². The number of amides is 2. The predicted molar refractivity (Wildman–Crippen MR) is 103 cm³/mol. The molecule has 0 spiro atoms. The van der Waals surface area contributed by atoms with Gasteiger partial charge in [-0.15, -0.1) is 11.3 Å². The van der Waals surface area contributed by atoms with E-state index >= 15 is 0 Å². The van der Waals surface area contributed by atoms with Crippen molar-refractivity contribution in [3.63, 3.8) is 0 Å². The maximum Gasteiger partial charge on any atom is 0.265 e. The summed E-state index contributed by atoms with van der Waals surface area (Å²) in [6.45, 7) is 2.47. The van der Waals surface area contributed by atoms with Crippen molar-refractivity contribution in [3.8, 4) is 0 Å². The standard InChI is InChI=1S/C20H18N2O2S/c1-2-22(15-9-4-3-5-10-15)20(24)16-11-6-7-12-17(16)21-19(23)18-13-8-14-25-18/h3-14H,2H2,1H3,(H,21,23). The van der Waals surface area contributed by atoms with Gasteiger partial charge in [0.2, 0.25) is 0 Å². The Bertz CT molecular complexity index is 860. The van der Waals surface area contributed by atoms with Crippen molar-refractivity contribution >= 4 is 34.5 Å². The Morgan fingerprint density at radius 1 is 0.960 bits per heavy atom. The maximum atomic E-state index is 13.0. The van der Waals surface area contributed by atoms with Gasteiger partial charge in [0, 0.05) is 12.2 Å². The minimum atomic E-state index is -0.210. The fraction of sp³-hybridized carbons (Fsp3) is 0.100. The van der Waals surface area contributed by atoms with Gasteiger partial charge in [-0.1, -0.05) is 36.4 Å². The van der Waals surface area contributed by atoms with Crippen LogP contribution in [0.2, 0.25) is 0 Å². The topological polar surface area (TPSA) is 49.4 Å². The number of carbonyl (C=O) groups is 2. The summed E-state index contributed by atoms with van der Waals surface area (Å²) in [5.41, 5.74) is 1.81. The van der Waals surface area contributed by atoms with E-state index in [1.165, 1.54) is 11.3 Å². The highest BCUT2D eigenvalue weighted by molar-refractivity contribution is 7.12. The van der Waals surface area contributed by atoms with Crippen LogP contribution in [-0.4, -0.2) is 18.4 Å². The van der Waals surface area contributed by atoms with Gasteiger partial charge in [-0.05, 0) is 42.6 Å². The minimum absolute atomic E-state index is 0.143. The predicted octanol–water partition coefficient (Wildman–Crippen LogP) is 4.67. The van der Waals surface area contributed by atoms with Crippen molar-refractivity contribution in [1.29, 1.82) is 0 Å². The monoisotopic (exact) mass is 350 g/mol. The van der Waals surface area contributed by atoms with Gasteiger partial charge in [-0.2, -0.15) is 0 Å². The Labute approximate surface area is 150 Å². The summed E-state index contributed by atoms with van der Waals surface area (Å²) in [5, 5.41) is 4.70. The van der Waals surface area contributed by atoms with Crippen molar-refractivity contribution in [2.45, 2.75) is 6.92 Å². The highest BCUT2D eigenvalue weighted by Crippen LogP contribution is 2.22. The SMILES string of the molecule is CCN(C(=O)c1ccccc1NC(=O)c1cccs1)c1ccccc1. The molecule has 0 bridgehead atoms. The van der Waals surface area contributed by atoms with Crippen molar-refractivity contribution in [2.24, 2.45) is 0 Å². The molecule has 2 aromatic carbocycles. The van der Waals surface area contributed by atoms with Crippen LogP contribution < -0.4 is 10.2 Å². The van der Waals surface area contributed by atoms with Gasteiger partial charge in [-0.3, -0.25) is 9.59 Å². The summed E-state index contributed by atoms with van der Waals surface area (Å²) in [4.78, 5) is 27.7. The highest BCUT2D eigenvalue weighted by atomic mass is 32.1. The molecule has 0 saturated heterocycles. The highest BCUT2D eigenvalue weighted by Gasteiger charge is 2.20. The molecule has 1 aromatic heterocycles. The molecule has 0 saturated carbocycles. The zero-order chi connectivity index (χ0) is 17.6. The minimum Gasteiger partial charge on any atom is -0.321 e. The molecular weight excluding hydrogens is 332 g/mol. The summed E-state index contributed by atoms with van der Waals surface area (Å²) in [5.74, 6) is -0.353. The Hall–Kier alpha value is -2.92. The third-order valence-corrected chi connectivity index (χ3v) is 4.65. The van der Waals surface area contributed by atoms with Crippen LogP contribution in [-0.2, 0) is 0 Å². The lowest BCUT2D eigenvalue weighted by molar-refractivity contribution is 0.0989. The number of benzene rings is 2. The van der Waals surface area contributed by atoms with Crippen LogP contribution in [0.1, 0.15) is 27.0 Å². The van der Waals surface area contributed by atoms with Crippen LogP contribution in [0.15, 0.2) is 72.1 Å². The number of rotatable bonds is 5. The number of hydrogen-bond acceptors (Lipinski definition) is 3. The number of anilines is 2. The lowest BCUT2D eigenvalue weighted by Crippen LogP contribution is -2.31. The number of nitrogens with zero attached hydrogens (tertiary/aromatic N) is 1.